The maximum atomic E-state index is 12.5. The van der Waals surface area contributed by atoms with Gasteiger partial charge >= 0.3 is 0 Å². The predicted octanol–water partition coefficient (Wildman–Crippen LogP) is 1.26. The zero-order chi connectivity index (χ0) is 12.3. The molecule has 0 unspecified atom stereocenters. The highest BCUT2D eigenvalue weighted by molar-refractivity contribution is 5.47. The average molecular weight is 228 g/mol. The molecule has 0 atom stereocenters. The summed E-state index contributed by atoms with van der Waals surface area (Å²) in [7, 11) is 0. The first-order valence-electron chi connectivity index (χ1n) is 4.07. The summed E-state index contributed by atoms with van der Waals surface area (Å²) in [6, 6.07) is 2.31. The van der Waals surface area contributed by atoms with Crippen LogP contribution < -0.4 is 5.73 Å². The average Bonchev–Trinajstić information content (AvgIpc) is 2.26. The Morgan fingerprint density at radius 1 is 1.69 bits per heavy atom. The Labute approximate surface area is 88.5 Å². The van der Waals surface area contributed by atoms with Gasteiger partial charge in [-0.25, -0.2) is 13.8 Å². The third-order valence-electron chi connectivity index (χ3n) is 1.85. The molecule has 0 saturated carbocycles. The van der Waals surface area contributed by atoms with Gasteiger partial charge in [0.1, 0.15) is 17.5 Å². The van der Waals surface area contributed by atoms with E-state index in [-0.39, 0.29) is 5.56 Å². The van der Waals surface area contributed by atoms with Crippen LogP contribution in [-0.4, -0.2) is 9.91 Å². The van der Waals surface area contributed by atoms with Crippen LogP contribution in [0.3, 0.4) is 0 Å². The minimum Gasteiger partial charge on any atom is -0.326 e. The van der Waals surface area contributed by atoms with Gasteiger partial charge in [0.05, 0.1) is 16.6 Å². The maximum absolute atomic E-state index is 12.5. The minimum absolute atomic E-state index is 0.348. The molecule has 0 bridgehead atoms. The topological polar surface area (TPSA) is 106 Å². The van der Waals surface area contributed by atoms with E-state index in [2.05, 4.69) is 4.98 Å². The van der Waals surface area contributed by atoms with Crippen molar-refractivity contribution in [1.29, 1.82) is 5.26 Å². The molecule has 0 radical (unpaired) electrons. The Balaban J connectivity index is 3.54. The fourth-order valence-electron chi connectivity index (χ4n) is 1.19. The fourth-order valence-corrected chi connectivity index (χ4v) is 1.19. The van der Waals surface area contributed by atoms with Crippen molar-refractivity contribution < 1.29 is 13.7 Å². The molecule has 0 aliphatic heterocycles. The molecule has 0 aliphatic rings. The van der Waals surface area contributed by atoms with E-state index in [0.29, 0.717) is 0 Å². The van der Waals surface area contributed by atoms with Crippen molar-refractivity contribution >= 4 is 5.69 Å². The Kier molecular flexibility index (Phi) is 3.42. The Hall–Kier alpha value is -2.14. The number of rotatable bonds is 3. The van der Waals surface area contributed by atoms with E-state index in [9.17, 15) is 18.9 Å². The second-order valence-electron chi connectivity index (χ2n) is 2.76. The number of hydrogen-bond donors (Lipinski definition) is 1. The third kappa shape index (κ3) is 2.09. The molecule has 0 amide bonds. The van der Waals surface area contributed by atoms with Crippen molar-refractivity contribution in [2.75, 3.05) is 0 Å². The van der Waals surface area contributed by atoms with Gasteiger partial charge in [0.15, 0.2) is 0 Å². The molecular weight excluding hydrogens is 222 g/mol. The first-order valence-corrected chi connectivity index (χ1v) is 4.07. The van der Waals surface area contributed by atoms with Crippen molar-refractivity contribution in [3.8, 4) is 6.07 Å². The number of nitro groups is 1. The van der Waals surface area contributed by atoms with Crippen molar-refractivity contribution in [3.63, 3.8) is 0 Å². The lowest BCUT2D eigenvalue weighted by Crippen LogP contribution is -2.09. The lowest BCUT2D eigenvalue weighted by molar-refractivity contribution is -0.385. The van der Waals surface area contributed by atoms with Crippen LogP contribution in [0.15, 0.2) is 6.07 Å². The van der Waals surface area contributed by atoms with Gasteiger partial charge < -0.3 is 5.73 Å². The first kappa shape index (κ1) is 11.9. The summed E-state index contributed by atoms with van der Waals surface area (Å²) in [6.07, 6.45) is -3.01. The lowest BCUT2D eigenvalue weighted by Gasteiger charge is -2.06. The van der Waals surface area contributed by atoms with E-state index in [1.54, 1.807) is 0 Å². The number of alkyl halides is 2. The van der Waals surface area contributed by atoms with Gasteiger partial charge in [-0.1, -0.05) is 0 Å². The number of aromatic nitrogens is 1. The van der Waals surface area contributed by atoms with Crippen LogP contribution in [0.25, 0.3) is 0 Å². The molecule has 0 saturated heterocycles. The van der Waals surface area contributed by atoms with Gasteiger partial charge in [-0.15, -0.1) is 0 Å². The summed E-state index contributed by atoms with van der Waals surface area (Å²) in [5.41, 5.74) is 2.96. The monoisotopic (exact) mass is 228 g/mol. The smallest absolute Gasteiger partial charge is 0.280 e. The summed E-state index contributed by atoms with van der Waals surface area (Å²) in [4.78, 5) is 13.0. The molecule has 1 heterocycles. The van der Waals surface area contributed by atoms with E-state index >= 15 is 0 Å². The largest absolute Gasteiger partial charge is 0.326 e. The summed E-state index contributed by atoms with van der Waals surface area (Å²) in [6.45, 7) is -0.436. The Morgan fingerprint density at radius 2 is 2.31 bits per heavy atom. The summed E-state index contributed by atoms with van der Waals surface area (Å²) >= 11 is 0. The highest BCUT2D eigenvalue weighted by atomic mass is 19.3. The summed E-state index contributed by atoms with van der Waals surface area (Å²) < 4.78 is 25.0. The van der Waals surface area contributed by atoms with Gasteiger partial charge in [-0.2, -0.15) is 5.26 Å². The normalized spacial score (nSPS) is 10.2. The molecule has 1 aromatic heterocycles. The van der Waals surface area contributed by atoms with Crippen molar-refractivity contribution in [3.05, 3.63) is 33.1 Å². The van der Waals surface area contributed by atoms with Crippen LogP contribution >= 0.6 is 0 Å². The molecule has 0 fully saturated rings. The molecule has 1 rings (SSSR count). The summed E-state index contributed by atoms with van der Waals surface area (Å²) in [5.74, 6) is 0. The Morgan fingerprint density at radius 3 is 2.69 bits per heavy atom. The van der Waals surface area contributed by atoms with Crippen LogP contribution in [0.4, 0.5) is 14.5 Å². The van der Waals surface area contributed by atoms with Crippen LogP contribution in [0.2, 0.25) is 0 Å². The molecule has 0 aromatic carbocycles. The highest BCUT2D eigenvalue weighted by Crippen LogP contribution is 2.28. The van der Waals surface area contributed by atoms with E-state index in [0.717, 1.165) is 6.07 Å². The zero-order valence-electron chi connectivity index (χ0n) is 7.85. The molecule has 0 spiro atoms. The standard InChI is InChI=1S/C8H6F2N4O2/c9-8(10)7-5(3-12)6(14(15)16)1-4(2-11)13-7/h1,8H,3,12H2. The van der Waals surface area contributed by atoms with Crippen LogP contribution in [-0.2, 0) is 6.54 Å². The van der Waals surface area contributed by atoms with Gasteiger partial charge in [0.2, 0.25) is 0 Å². The van der Waals surface area contributed by atoms with Crippen molar-refractivity contribution in [1.82, 2.24) is 4.98 Å². The van der Waals surface area contributed by atoms with Crippen LogP contribution in [0, 0.1) is 21.4 Å². The van der Waals surface area contributed by atoms with E-state index in [1.807, 2.05) is 0 Å². The second-order valence-corrected chi connectivity index (χ2v) is 2.76. The molecule has 16 heavy (non-hydrogen) atoms. The third-order valence-corrected chi connectivity index (χ3v) is 1.85. The predicted molar refractivity (Wildman–Crippen MR) is 48.5 cm³/mol. The number of nitrogens with two attached hydrogens (primary N) is 1. The van der Waals surface area contributed by atoms with Gasteiger partial charge in [-0.3, -0.25) is 10.1 Å². The van der Waals surface area contributed by atoms with E-state index < -0.39 is 35.0 Å². The highest BCUT2D eigenvalue weighted by Gasteiger charge is 2.24. The van der Waals surface area contributed by atoms with Gasteiger partial charge in [0, 0.05) is 6.54 Å². The minimum atomic E-state index is -3.01. The molecule has 6 nitrogen and oxygen atoms in total. The van der Waals surface area contributed by atoms with E-state index in [4.69, 9.17) is 11.0 Å². The van der Waals surface area contributed by atoms with Crippen molar-refractivity contribution in [2.24, 2.45) is 5.73 Å². The van der Waals surface area contributed by atoms with E-state index in [1.165, 1.54) is 6.07 Å². The number of nitrogens with zero attached hydrogens (tertiary/aromatic N) is 3. The quantitative estimate of drug-likeness (QED) is 0.619. The first-order chi connectivity index (χ1) is 7.51. The number of pyridine rings is 1. The van der Waals surface area contributed by atoms with Crippen LogP contribution in [0.5, 0.6) is 0 Å². The molecule has 2 N–H and O–H groups in total. The molecule has 1 aromatic rings. The fraction of sp³-hybridized carbons (Fsp3) is 0.250. The second kappa shape index (κ2) is 4.59. The molecule has 8 heteroatoms. The number of nitriles is 1. The van der Waals surface area contributed by atoms with Gasteiger partial charge in [-0.05, 0) is 0 Å². The molecular formula is C8H6F2N4O2. The summed E-state index contributed by atoms with van der Waals surface area (Å²) in [5, 5.41) is 19.1. The van der Waals surface area contributed by atoms with Gasteiger partial charge in [0.25, 0.3) is 12.1 Å². The molecule has 0 aliphatic carbocycles. The number of hydrogen-bond acceptors (Lipinski definition) is 5. The van der Waals surface area contributed by atoms with Crippen LogP contribution in [0.1, 0.15) is 23.4 Å². The molecule has 84 valence electrons. The maximum Gasteiger partial charge on any atom is 0.280 e. The number of halogens is 2. The zero-order valence-corrected chi connectivity index (χ0v) is 7.85. The van der Waals surface area contributed by atoms with Crippen molar-refractivity contribution in [2.45, 2.75) is 13.0 Å². The lowest BCUT2D eigenvalue weighted by atomic mass is 10.1. The SMILES string of the molecule is N#Cc1cc([N+](=O)[O-])c(CN)c(C(F)F)n1. The Bertz CT molecular complexity index is 470.